The first-order valence-electron chi connectivity index (χ1n) is 7.91. The summed E-state index contributed by atoms with van der Waals surface area (Å²) in [4.78, 5) is 16.0. The van der Waals surface area contributed by atoms with Crippen molar-refractivity contribution < 1.29 is 22.0 Å². The van der Waals surface area contributed by atoms with Gasteiger partial charge in [0.2, 0.25) is 0 Å². The Morgan fingerprint density at radius 1 is 1.18 bits per heavy atom. The van der Waals surface area contributed by atoms with E-state index in [1.165, 1.54) is 17.7 Å². The van der Waals surface area contributed by atoms with Crippen LogP contribution in [0.1, 0.15) is 16.1 Å². The Kier molecular flexibility index (Phi) is 5.22. The highest BCUT2D eigenvalue weighted by Crippen LogP contribution is 2.26. The zero-order valence-electron chi connectivity index (χ0n) is 14.7. The lowest BCUT2D eigenvalue weighted by atomic mass is 10.2. The molecule has 0 saturated carbocycles. The first-order chi connectivity index (χ1) is 13.1. The van der Waals surface area contributed by atoms with Gasteiger partial charge in [-0.05, 0) is 36.8 Å². The Labute approximate surface area is 164 Å². The normalized spacial score (nSPS) is 11.5. The summed E-state index contributed by atoms with van der Waals surface area (Å²) in [6.07, 6.45) is 1.33. The molecule has 146 valence electrons. The molecule has 10 heteroatoms. The van der Waals surface area contributed by atoms with Crippen molar-refractivity contribution in [1.82, 2.24) is 14.3 Å². The van der Waals surface area contributed by atoms with Crippen molar-refractivity contribution in [3.8, 4) is 11.4 Å². The number of imidazole rings is 1. The number of hydrogen-bond acceptors (Lipinski definition) is 4. The third-order valence-electron chi connectivity index (χ3n) is 3.96. The van der Waals surface area contributed by atoms with Crippen molar-refractivity contribution in [2.75, 3.05) is 0 Å². The van der Waals surface area contributed by atoms with Gasteiger partial charge in [0.1, 0.15) is 11.5 Å². The van der Waals surface area contributed by atoms with Gasteiger partial charge in [0.05, 0.1) is 9.92 Å². The van der Waals surface area contributed by atoms with Crippen LogP contribution in [0, 0.1) is 18.6 Å². The number of aryl methyl sites for hydroxylation is 2. The van der Waals surface area contributed by atoms with E-state index in [0.717, 1.165) is 6.07 Å². The molecule has 28 heavy (non-hydrogen) atoms. The van der Waals surface area contributed by atoms with Crippen LogP contribution in [0.2, 0.25) is 5.02 Å². The number of halogens is 3. The second-order valence-corrected chi connectivity index (χ2v) is 8.06. The minimum Gasteiger partial charge on any atom is -0.333 e. The van der Waals surface area contributed by atoms with E-state index in [2.05, 4.69) is 4.98 Å². The van der Waals surface area contributed by atoms with E-state index in [1.54, 1.807) is 31.3 Å². The Morgan fingerprint density at radius 3 is 2.50 bits per heavy atom. The molecule has 0 unspecified atom stereocenters. The number of hydrogen-bond donors (Lipinski definition) is 1. The third kappa shape index (κ3) is 3.76. The van der Waals surface area contributed by atoms with Crippen molar-refractivity contribution in [3.63, 3.8) is 0 Å². The van der Waals surface area contributed by atoms with Gasteiger partial charge < -0.3 is 4.57 Å². The van der Waals surface area contributed by atoms with Crippen LogP contribution in [-0.2, 0) is 17.1 Å². The quantitative estimate of drug-likeness (QED) is 0.694. The summed E-state index contributed by atoms with van der Waals surface area (Å²) < 4.78 is 54.9. The summed E-state index contributed by atoms with van der Waals surface area (Å²) >= 11 is 6.14. The van der Waals surface area contributed by atoms with Gasteiger partial charge in [0.25, 0.3) is 15.9 Å². The van der Waals surface area contributed by atoms with Crippen LogP contribution in [0.4, 0.5) is 8.78 Å². The topological polar surface area (TPSA) is 81.1 Å². The summed E-state index contributed by atoms with van der Waals surface area (Å²) in [6.45, 7) is 1.29. The fourth-order valence-corrected chi connectivity index (χ4v) is 4.04. The Morgan fingerprint density at radius 2 is 1.82 bits per heavy atom. The number of carbonyl (C=O) groups excluding carboxylic acids is 1. The fourth-order valence-electron chi connectivity index (χ4n) is 2.62. The molecule has 0 aliphatic rings. The van der Waals surface area contributed by atoms with Crippen LogP contribution in [-0.4, -0.2) is 23.9 Å². The molecule has 6 nitrogen and oxygen atoms in total. The van der Waals surface area contributed by atoms with Crippen molar-refractivity contribution in [2.24, 2.45) is 7.05 Å². The van der Waals surface area contributed by atoms with E-state index >= 15 is 0 Å². The number of rotatable bonds is 4. The first kappa shape index (κ1) is 20.0. The van der Waals surface area contributed by atoms with Gasteiger partial charge in [-0.25, -0.2) is 26.9 Å². The van der Waals surface area contributed by atoms with Crippen LogP contribution in [0.3, 0.4) is 0 Å². The standard InChI is InChI=1S/C18H14ClF2N3O3S/c1-10-7-13(20)14(21)8-16(10)28(26,27)23-18(25)15-9-24(2)17(22-15)11-5-3-4-6-12(11)19/h3-9H,1-2H3,(H,23,25). The predicted molar refractivity (Wildman–Crippen MR) is 99.4 cm³/mol. The third-order valence-corrected chi connectivity index (χ3v) is 5.76. The van der Waals surface area contributed by atoms with Gasteiger partial charge in [-0.15, -0.1) is 0 Å². The summed E-state index contributed by atoms with van der Waals surface area (Å²) in [5.74, 6) is -3.18. The molecule has 3 rings (SSSR count). The molecule has 0 bridgehead atoms. The lowest BCUT2D eigenvalue weighted by Gasteiger charge is -2.09. The maximum atomic E-state index is 13.5. The summed E-state index contributed by atoms with van der Waals surface area (Å²) in [6, 6.07) is 8.10. The van der Waals surface area contributed by atoms with Gasteiger partial charge >= 0.3 is 0 Å². The molecule has 0 aliphatic carbocycles. The minimum atomic E-state index is -4.44. The number of amides is 1. The summed E-state index contributed by atoms with van der Waals surface area (Å²) in [7, 11) is -2.81. The first-order valence-corrected chi connectivity index (χ1v) is 9.77. The predicted octanol–water partition coefficient (Wildman–Crippen LogP) is 3.45. The zero-order valence-corrected chi connectivity index (χ0v) is 16.3. The maximum Gasteiger partial charge on any atom is 0.285 e. The highest BCUT2D eigenvalue weighted by Gasteiger charge is 2.25. The van der Waals surface area contributed by atoms with Gasteiger partial charge in [0.15, 0.2) is 11.6 Å². The molecule has 0 saturated heterocycles. The highest BCUT2D eigenvalue weighted by molar-refractivity contribution is 7.90. The van der Waals surface area contributed by atoms with Crippen LogP contribution in [0.15, 0.2) is 47.5 Å². The molecule has 1 aromatic heterocycles. The van der Waals surface area contributed by atoms with E-state index in [9.17, 15) is 22.0 Å². The van der Waals surface area contributed by atoms with Crippen molar-refractivity contribution in [3.05, 3.63) is 70.5 Å². The molecule has 2 aromatic carbocycles. The maximum absolute atomic E-state index is 13.5. The van der Waals surface area contributed by atoms with Crippen molar-refractivity contribution >= 4 is 27.5 Å². The lowest BCUT2D eigenvalue weighted by Crippen LogP contribution is -2.31. The molecule has 1 N–H and O–H groups in total. The van der Waals surface area contributed by atoms with Gasteiger partial charge in [-0.1, -0.05) is 23.7 Å². The molecule has 1 heterocycles. The van der Waals surface area contributed by atoms with Crippen molar-refractivity contribution in [2.45, 2.75) is 11.8 Å². The second kappa shape index (κ2) is 7.33. The van der Waals surface area contributed by atoms with Gasteiger partial charge in [-0.3, -0.25) is 4.79 Å². The Balaban J connectivity index is 1.93. The zero-order chi connectivity index (χ0) is 20.6. The minimum absolute atomic E-state index is 0.0445. The molecular weight excluding hydrogens is 412 g/mol. The van der Waals surface area contributed by atoms with Gasteiger partial charge in [0, 0.05) is 18.8 Å². The summed E-state index contributed by atoms with van der Waals surface area (Å²) in [5.41, 5.74) is 0.336. The number of sulfonamides is 1. The van der Waals surface area contributed by atoms with Crippen molar-refractivity contribution in [1.29, 1.82) is 0 Å². The Bertz CT molecular complexity index is 1190. The number of nitrogens with one attached hydrogen (secondary N) is 1. The molecule has 0 fully saturated rings. The smallest absolute Gasteiger partial charge is 0.285 e. The largest absolute Gasteiger partial charge is 0.333 e. The molecule has 3 aromatic rings. The molecular formula is C18H14ClF2N3O3S. The number of carbonyl (C=O) groups is 1. The SMILES string of the molecule is Cc1cc(F)c(F)cc1S(=O)(=O)NC(=O)c1cn(C)c(-c2ccccc2Cl)n1. The van der Waals surface area contributed by atoms with Crippen LogP contribution in [0.25, 0.3) is 11.4 Å². The molecule has 0 radical (unpaired) electrons. The molecule has 0 aliphatic heterocycles. The van der Waals surface area contributed by atoms with Crippen LogP contribution < -0.4 is 4.72 Å². The van der Waals surface area contributed by atoms with E-state index < -0.39 is 32.5 Å². The monoisotopic (exact) mass is 425 g/mol. The average Bonchev–Trinajstić information content (AvgIpc) is 3.00. The van der Waals surface area contributed by atoms with E-state index in [1.807, 2.05) is 4.72 Å². The summed E-state index contributed by atoms with van der Waals surface area (Å²) in [5, 5.41) is 0.410. The molecule has 1 amide bonds. The van der Waals surface area contributed by atoms with Crippen LogP contribution in [0.5, 0.6) is 0 Å². The average molecular weight is 426 g/mol. The van der Waals surface area contributed by atoms with E-state index in [-0.39, 0.29) is 11.3 Å². The van der Waals surface area contributed by atoms with E-state index in [0.29, 0.717) is 22.5 Å². The molecule has 0 spiro atoms. The number of aromatic nitrogens is 2. The van der Waals surface area contributed by atoms with Crippen LogP contribution >= 0.6 is 11.6 Å². The second-order valence-electron chi connectivity index (χ2n) is 6.01. The number of benzene rings is 2. The van der Waals surface area contributed by atoms with E-state index in [4.69, 9.17) is 11.6 Å². The Hall–Kier alpha value is -2.78. The molecule has 0 atom stereocenters. The highest BCUT2D eigenvalue weighted by atomic mass is 35.5. The fraction of sp³-hybridized carbons (Fsp3) is 0.111. The van der Waals surface area contributed by atoms with Gasteiger partial charge in [-0.2, -0.15) is 0 Å². The number of nitrogens with zero attached hydrogens (tertiary/aromatic N) is 2. The lowest BCUT2D eigenvalue weighted by molar-refractivity contribution is 0.0977.